The molecule has 3 rings (SSSR count). The van der Waals surface area contributed by atoms with Crippen molar-refractivity contribution in [3.63, 3.8) is 0 Å². The van der Waals surface area contributed by atoms with Crippen molar-refractivity contribution in [3.8, 4) is 11.5 Å². The molecule has 27 heavy (non-hydrogen) atoms. The van der Waals surface area contributed by atoms with E-state index in [4.69, 9.17) is 4.74 Å². The Morgan fingerprint density at radius 1 is 1.11 bits per heavy atom. The molecule has 1 unspecified atom stereocenters. The molecule has 0 aliphatic carbocycles. The molecule has 140 valence electrons. The average Bonchev–Trinajstić information content (AvgIpc) is 2.93. The largest absolute Gasteiger partial charge is 0.508 e. The monoisotopic (exact) mass is 367 g/mol. The summed E-state index contributed by atoms with van der Waals surface area (Å²) in [5.41, 5.74) is 0.999. The van der Waals surface area contributed by atoms with E-state index in [1.165, 1.54) is 24.1 Å². The van der Waals surface area contributed by atoms with Crippen molar-refractivity contribution < 1.29 is 24.5 Å². The lowest BCUT2D eigenvalue weighted by Crippen LogP contribution is -2.30. The molecule has 0 aromatic heterocycles. The van der Waals surface area contributed by atoms with Crippen LogP contribution in [-0.2, 0) is 9.59 Å². The summed E-state index contributed by atoms with van der Waals surface area (Å²) in [6.45, 7) is 2.28. The Hall–Kier alpha value is -3.28. The van der Waals surface area contributed by atoms with Gasteiger partial charge in [-0.05, 0) is 36.2 Å². The standard InChI is InChI=1S/C21H21NO5/c1-3-12-22-18(13-8-10-14(23)11-9-13)17(20(25)21(22)26)19(24)15-6-4-5-7-16(15)27-2/h4-11,18,23-24H,3,12H2,1-2H3/b19-17-. The van der Waals surface area contributed by atoms with Gasteiger partial charge in [0, 0.05) is 6.54 Å². The molecule has 0 saturated carbocycles. The smallest absolute Gasteiger partial charge is 0.295 e. The fourth-order valence-electron chi connectivity index (χ4n) is 3.34. The number of amides is 1. The van der Waals surface area contributed by atoms with Crippen molar-refractivity contribution in [2.24, 2.45) is 0 Å². The lowest BCUT2D eigenvalue weighted by Gasteiger charge is -2.25. The number of carbonyl (C=O) groups excluding carboxylic acids is 2. The van der Waals surface area contributed by atoms with Crippen LogP contribution in [0, 0.1) is 0 Å². The number of aliphatic hydroxyl groups excluding tert-OH is 1. The van der Waals surface area contributed by atoms with E-state index in [-0.39, 0.29) is 17.1 Å². The second kappa shape index (κ2) is 7.53. The number of Topliss-reactive ketones (excluding diaryl/α,β-unsaturated/α-hetero) is 1. The second-order valence-electron chi connectivity index (χ2n) is 6.28. The lowest BCUT2D eigenvalue weighted by atomic mass is 9.95. The Labute approximate surface area is 157 Å². The number of rotatable bonds is 5. The van der Waals surface area contributed by atoms with Crippen LogP contribution >= 0.6 is 0 Å². The van der Waals surface area contributed by atoms with Crippen LogP contribution in [0.25, 0.3) is 5.76 Å². The number of aliphatic hydroxyl groups is 1. The molecule has 2 aromatic rings. The Morgan fingerprint density at radius 2 is 1.78 bits per heavy atom. The highest BCUT2D eigenvalue weighted by atomic mass is 16.5. The molecule has 1 fully saturated rings. The van der Waals surface area contributed by atoms with E-state index in [0.717, 1.165) is 0 Å². The number of methoxy groups -OCH3 is 1. The van der Waals surface area contributed by atoms with Gasteiger partial charge in [-0.25, -0.2) is 0 Å². The van der Waals surface area contributed by atoms with Gasteiger partial charge in [-0.2, -0.15) is 0 Å². The van der Waals surface area contributed by atoms with E-state index < -0.39 is 17.7 Å². The van der Waals surface area contributed by atoms with Gasteiger partial charge in [0.05, 0.1) is 24.3 Å². The number of phenols is 1. The van der Waals surface area contributed by atoms with Gasteiger partial charge < -0.3 is 19.8 Å². The van der Waals surface area contributed by atoms with E-state index in [1.54, 1.807) is 36.4 Å². The third kappa shape index (κ3) is 3.26. The summed E-state index contributed by atoms with van der Waals surface area (Å²) >= 11 is 0. The first-order valence-electron chi connectivity index (χ1n) is 8.70. The molecule has 2 N–H and O–H groups in total. The number of para-hydroxylation sites is 1. The average molecular weight is 367 g/mol. The van der Waals surface area contributed by atoms with Crippen LogP contribution in [0.5, 0.6) is 11.5 Å². The van der Waals surface area contributed by atoms with E-state index >= 15 is 0 Å². The first kappa shape index (κ1) is 18.5. The number of hydrogen-bond donors (Lipinski definition) is 2. The van der Waals surface area contributed by atoms with Crippen LogP contribution in [0.2, 0.25) is 0 Å². The van der Waals surface area contributed by atoms with Gasteiger partial charge in [0.1, 0.15) is 17.3 Å². The molecule has 0 spiro atoms. The number of ether oxygens (including phenoxy) is 1. The number of aromatic hydroxyl groups is 1. The van der Waals surface area contributed by atoms with E-state index in [0.29, 0.717) is 29.8 Å². The maximum atomic E-state index is 12.8. The van der Waals surface area contributed by atoms with E-state index in [2.05, 4.69) is 0 Å². The zero-order valence-corrected chi connectivity index (χ0v) is 15.2. The SMILES string of the molecule is CCCN1C(=O)C(=O)/C(=C(\O)c2ccccc2OC)C1c1ccc(O)cc1. The molecule has 1 heterocycles. The molecule has 1 amide bonds. The van der Waals surface area contributed by atoms with Crippen LogP contribution in [0.4, 0.5) is 0 Å². The third-order valence-corrected chi connectivity index (χ3v) is 4.58. The maximum absolute atomic E-state index is 12.8. The maximum Gasteiger partial charge on any atom is 0.295 e. The van der Waals surface area contributed by atoms with Gasteiger partial charge in [-0.1, -0.05) is 31.2 Å². The van der Waals surface area contributed by atoms with Crippen LogP contribution in [0.15, 0.2) is 54.1 Å². The molecule has 1 saturated heterocycles. The summed E-state index contributed by atoms with van der Waals surface area (Å²) in [7, 11) is 1.47. The fraction of sp³-hybridized carbons (Fsp3) is 0.238. The van der Waals surface area contributed by atoms with Crippen molar-refractivity contribution in [1.29, 1.82) is 0 Å². The van der Waals surface area contributed by atoms with Gasteiger partial charge >= 0.3 is 0 Å². The number of carbonyl (C=O) groups is 2. The summed E-state index contributed by atoms with van der Waals surface area (Å²) in [6.07, 6.45) is 0.663. The Balaban J connectivity index is 2.22. The molecule has 1 aliphatic heterocycles. The van der Waals surface area contributed by atoms with Gasteiger partial charge in [0.25, 0.3) is 11.7 Å². The summed E-state index contributed by atoms with van der Waals surface area (Å²) in [6, 6.07) is 12.3. The number of ketones is 1. The molecule has 6 nitrogen and oxygen atoms in total. The van der Waals surface area contributed by atoms with Crippen molar-refractivity contribution in [3.05, 3.63) is 65.2 Å². The van der Waals surface area contributed by atoms with Crippen LogP contribution in [0.1, 0.15) is 30.5 Å². The first-order valence-corrected chi connectivity index (χ1v) is 8.70. The molecule has 2 aromatic carbocycles. The highest BCUT2D eigenvalue weighted by molar-refractivity contribution is 6.46. The molecule has 1 aliphatic rings. The van der Waals surface area contributed by atoms with Gasteiger partial charge in [0.2, 0.25) is 0 Å². The highest BCUT2D eigenvalue weighted by Crippen LogP contribution is 2.41. The predicted molar refractivity (Wildman–Crippen MR) is 100 cm³/mol. The molecule has 1 atom stereocenters. The Kier molecular flexibility index (Phi) is 5.16. The summed E-state index contributed by atoms with van der Waals surface area (Å²) < 4.78 is 5.28. The number of benzene rings is 2. The minimum absolute atomic E-state index is 0.0173. The minimum Gasteiger partial charge on any atom is -0.508 e. The number of nitrogens with zero attached hydrogens (tertiary/aromatic N) is 1. The number of hydrogen-bond acceptors (Lipinski definition) is 5. The summed E-state index contributed by atoms with van der Waals surface area (Å²) in [4.78, 5) is 26.8. The van der Waals surface area contributed by atoms with Crippen molar-refractivity contribution in [2.75, 3.05) is 13.7 Å². The van der Waals surface area contributed by atoms with Gasteiger partial charge in [-0.3, -0.25) is 9.59 Å². The fourth-order valence-corrected chi connectivity index (χ4v) is 3.34. The number of phenolic OH excluding ortho intramolecular Hbond substituents is 1. The normalized spacial score (nSPS) is 18.7. The van der Waals surface area contributed by atoms with Crippen LogP contribution < -0.4 is 4.74 Å². The van der Waals surface area contributed by atoms with Gasteiger partial charge in [-0.15, -0.1) is 0 Å². The summed E-state index contributed by atoms with van der Waals surface area (Å²) in [5.74, 6) is -1.17. The second-order valence-corrected chi connectivity index (χ2v) is 6.28. The van der Waals surface area contributed by atoms with E-state index in [9.17, 15) is 19.8 Å². The minimum atomic E-state index is -0.732. The third-order valence-electron chi connectivity index (χ3n) is 4.58. The molecule has 6 heteroatoms. The van der Waals surface area contributed by atoms with Crippen molar-refractivity contribution in [2.45, 2.75) is 19.4 Å². The van der Waals surface area contributed by atoms with E-state index in [1.807, 2.05) is 6.92 Å². The molecular formula is C21H21NO5. The Morgan fingerprint density at radius 3 is 2.41 bits per heavy atom. The van der Waals surface area contributed by atoms with Crippen molar-refractivity contribution in [1.82, 2.24) is 4.90 Å². The topological polar surface area (TPSA) is 87.1 Å². The van der Waals surface area contributed by atoms with Crippen LogP contribution in [-0.4, -0.2) is 40.5 Å². The van der Waals surface area contributed by atoms with Crippen LogP contribution in [0.3, 0.4) is 0 Å². The Bertz CT molecular complexity index is 901. The molecular weight excluding hydrogens is 346 g/mol. The zero-order valence-electron chi connectivity index (χ0n) is 15.2. The predicted octanol–water partition coefficient (Wildman–Crippen LogP) is 3.23. The lowest BCUT2D eigenvalue weighted by molar-refractivity contribution is -0.139. The number of likely N-dealkylation sites (tertiary alicyclic amines) is 1. The molecule has 0 radical (unpaired) electrons. The van der Waals surface area contributed by atoms with Crippen molar-refractivity contribution >= 4 is 17.4 Å². The summed E-state index contributed by atoms with van der Waals surface area (Å²) in [5, 5.41) is 20.5. The highest BCUT2D eigenvalue weighted by Gasteiger charge is 2.45. The first-order chi connectivity index (χ1) is 13.0. The zero-order chi connectivity index (χ0) is 19.6. The van der Waals surface area contributed by atoms with Gasteiger partial charge in [0.15, 0.2) is 0 Å². The molecule has 0 bridgehead atoms. The quantitative estimate of drug-likeness (QED) is 0.481.